The van der Waals surface area contributed by atoms with E-state index in [-0.39, 0.29) is 39.4 Å². The molecule has 1 amide bonds. The van der Waals surface area contributed by atoms with E-state index >= 15 is 0 Å². The number of thiazole rings is 1. The van der Waals surface area contributed by atoms with Crippen LogP contribution in [0.2, 0.25) is 5.02 Å². The van der Waals surface area contributed by atoms with Gasteiger partial charge in [0.2, 0.25) is 10.0 Å². The zero-order chi connectivity index (χ0) is 23.5. The minimum atomic E-state index is -3.78. The lowest BCUT2D eigenvalue weighted by Crippen LogP contribution is -2.31. The first-order chi connectivity index (χ1) is 15.2. The van der Waals surface area contributed by atoms with Crippen LogP contribution < -0.4 is 5.32 Å². The molecule has 12 heteroatoms. The van der Waals surface area contributed by atoms with Gasteiger partial charge in [0.05, 0.1) is 20.0 Å². The fraction of sp³-hybridized carbons (Fsp3) is 0.100. The Bertz CT molecular complexity index is 1330. The molecule has 0 fully saturated rings. The molecule has 0 spiro atoms. The van der Waals surface area contributed by atoms with Gasteiger partial charge in [0, 0.05) is 24.7 Å². The number of nitrogens with zero attached hydrogens (tertiary/aromatic N) is 3. The summed E-state index contributed by atoms with van der Waals surface area (Å²) in [6.07, 6.45) is 2.97. The van der Waals surface area contributed by atoms with Crippen molar-refractivity contribution >= 4 is 59.9 Å². The summed E-state index contributed by atoms with van der Waals surface area (Å²) in [7, 11) is -3.78. The second-order valence-electron chi connectivity index (χ2n) is 6.43. The number of fused-ring (bicyclic) bond motifs is 1. The first kappa shape index (κ1) is 23.5. The number of aromatic nitrogens is 1. The van der Waals surface area contributed by atoms with Crippen LogP contribution in [0.25, 0.3) is 10.2 Å². The van der Waals surface area contributed by atoms with E-state index in [1.807, 2.05) is 0 Å². The van der Waals surface area contributed by atoms with Crippen LogP contribution in [0.4, 0.5) is 10.8 Å². The number of anilines is 1. The number of benzene rings is 2. The van der Waals surface area contributed by atoms with Crippen molar-refractivity contribution in [1.29, 1.82) is 0 Å². The van der Waals surface area contributed by atoms with Crippen LogP contribution in [-0.4, -0.2) is 41.6 Å². The Morgan fingerprint density at radius 3 is 2.53 bits per heavy atom. The molecular weight excluding hydrogens is 476 g/mol. The highest BCUT2D eigenvalue weighted by Crippen LogP contribution is 2.30. The predicted octanol–water partition coefficient (Wildman–Crippen LogP) is 4.47. The monoisotopic (exact) mass is 492 g/mol. The third-order valence-corrected chi connectivity index (χ3v) is 7.37. The maximum Gasteiger partial charge on any atom is 0.288 e. The van der Waals surface area contributed by atoms with E-state index in [1.54, 1.807) is 6.07 Å². The second-order valence-corrected chi connectivity index (χ2v) is 9.80. The minimum Gasteiger partial charge on any atom is -0.298 e. The molecule has 0 radical (unpaired) electrons. The third kappa shape index (κ3) is 4.86. The quantitative estimate of drug-likeness (QED) is 0.267. The third-order valence-electron chi connectivity index (χ3n) is 4.29. The first-order valence-electron chi connectivity index (χ1n) is 9.05. The van der Waals surface area contributed by atoms with Crippen molar-refractivity contribution < 1.29 is 18.1 Å². The number of sulfonamides is 1. The number of nitro benzene ring substituents is 1. The summed E-state index contributed by atoms with van der Waals surface area (Å²) in [4.78, 5) is 27.2. The van der Waals surface area contributed by atoms with Gasteiger partial charge in [-0.2, -0.15) is 4.31 Å². The molecule has 0 saturated carbocycles. The van der Waals surface area contributed by atoms with E-state index in [4.69, 9.17) is 11.6 Å². The smallest absolute Gasteiger partial charge is 0.288 e. The van der Waals surface area contributed by atoms with Gasteiger partial charge in [0.15, 0.2) is 5.13 Å². The van der Waals surface area contributed by atoms with Gasteiger partial charge < -0.3 is 0 Å². The van der Waals surface area contributed by atoms with Crippen molar-refractivity contribution in [3.63, 3.8) is 0 Å². The molecule has 9 nitrogen and oxygen atoms in total. The van der Waals surface area contributed by atoms with E-state index in [2.05, 4.69) is 23.5 Å². The lowest BCUT2D eigenvalue weighted by atomic mass is 10.2. The molecule has 3 aromatic rings. The molecule has 1 heterocycles. The molecule has 1 N–H and O–H groups in total. The van der Waals surface area contributed by atoms with Crippen LogP contribution >= 0.6 is 22.9 Å². The summed E-state index contributed by atoms with van der Waals surface area (Å²) in [5, 5.41) is 13.7. The Balaban J connectivity index is 1.89. The number of halogens is 1. The maximum atomic E-state index is 12.9. The zero-order valence-corrected chi connectivity index (χ0v) is 18.9. The van der Waals surface area contributed by atoms with Crippen LogP contribution in [0.15, 0.2) is 66.6 Å². The molecule has 1 aromatic heterocycles. The average Bonchev–Trinajstić information content (AvgIpc) is 3.15. The summed E-state index contributed by atoms with van der Waals surface area (Å²) >= 11 is 6.85. The van der Waals surface area contributed by atoms with E-state index in [0.29, 0.717) is 10.2 Å². The van der Waals surface area contributed by atoms with Crippen LogP contribution in [-0.2, 0) is 10.0 Å². The zero-order valence-electron chi connectivity index (χ0n) is 16.5. The first-order valence-corrected chi connectivity index (χ1v) is 11.7. The highest BCUT2D eigenvalue weighted by atomic mass is 35.5. The molecule has 0 atom stereocenters. The molecule has 0 unspecified atom stereocenters. The molecule has 0 saturated heterocycles. The molecule has 0 bridgehead atoms. The molecular formula is C20H17ClN4O5S2. The van der Waals surface area contributed by atoms with Gasteiger partial charge in [0.25, 0.3) is 11.6 Å². The molecule has 3 rings (SSSR count). The summed E-state index contributed by atoms with van der Waals surface area (Å²) < 4.78 is 27.6. The number of nitro groups is 1. The second kappa shape index (κ2) is 9.57. The van der Waals surface area contributed by atoms with Gasteiger partial charge in [-0.05, 0) is 30.3 Å². The van der Waals surface area contributed by atoms with E-state index in [9.17, 15) is 23.3 Å². The maximum absolute atomic E-state index is 12.9. The molecule has 0 aliphatic rings. The summed E-state index contributed by atoms with van der Waals surface area (Å²) in [6, 6.07) is 8.15. The normalized spacial score (nSPS) is 11.4. The highest BCUT2D eigenvalue weighted by Gasteiger charge is 2.23. The van der Waals surface area contributed by atoms with Crippen LogP contribution in [0, 0.1) is 10.1 Å². The molecule has 166 valence electrons. The Labute approximate surface area is 192 Å². The Morgan fingerprint density at radius 2 is 1.91 bits per heavy atom. The summed E-state index contributed by atoms with van der Waals surface area (Å²) in [5.74, 6) is -0.611. The fourth-order valence-corrected chi connectivity index (χ4v) is 5.36. The number of carbonyl (C=O) groups excluding carboxylic acids is 1. The van der Waals surface area contributed by atoms with Crippen LogP contribution in [0.1, 0.15) is 10.4 Å². The number of hydrogen-bond donors (Lipinski definition) is 1. The van der Waals surface area contributed by atoms with Crippen LogP contribution in [0.5, 0.6) is 0 Å². The molecule has 2 aromatic carbocycles. The van der Waals surface area contributed by atoms with Gasteiger partial charge in [-0.1, -0.05) is 35.1 Å². The molecule has 0 aliphatic heterocycles. The Morgan fingerprint density at radius 1 is 1.22 bits per heavy atom. The summed E-state index contributed by atoms with van der Waals surface area (Å²) in [6.45, 7) is 7.42. The van der Waals surface area contributed by atoms with Gasteiger partial charge in [-0.3, -0.25) is 20.2 Å². The molecule has 0 aliphatic carbocycles. The number of carbonyl (C=O) groups is 1. The number of rotatable bonds is 9. The SMILES string of the molecule is C=CCN(CC=C)S(=O)(=O)c1ccc2nc(NC(=O)c3ccc(Cl)c([N+](=O)[O-])c3)sc2c1. The van der Waals surface area contributed by atoms with Crippen molar-refractivity contribution in [1.82, 2.24) is 9.29 Å². The van der Waals surface area contributed by atoms with Gasteiger partial charge in [-0.15, -0.1) is 13.2 Å². The van der Waals surface area contributed by atoms with E-state index in [1.165, 1.54) is 40.7 Å². The molecule has 32 heavy (non-hydrogen) atoms. The van der Waals surface area contributed by atoms with Crippen molar-refractivity contribution in [3.05, 3.63) is 82.4 Å². The van der Waals surface area contributed by atoms with E-state index < -0.39 is 20.9 Å². The van der Waals surface area contributed by atoms with Gasteiger partial charge in [0.1, 0.15) is 5.02 Å². The lowest BCUT2D eigenvalue weighted by Gasteiger charge is -2.18. The predicted molar refractivity (Wildman–Crippen MR) is 125 cm³/mol. The minimum absolute atomic E-state index is 0.0353. The van der Waals surface area contributed by atoms with Crippen molar-refractivity contribution in [2.24, 2.45) is 0 Å². The Kier molecular flexibility index (Phi) is 7.04. The van der Waals surface area contributed by atoms with Gasteiger partial charge >= 0.3 is 0 Å². The summed E-state index contributed by atoms with van der Waals surface area (Å²) in [5.41, 5.74) is 0.139. The van der Waals surface area contributed by atoms with Crippen LogP contribution in [0.3, 0.4) is 0 Å². The Hall–Kier alpha value is -3.12. The number of amides is 1. The topological polar surface area (TPSA) is 123 Å². The fourth-order valence-electron chi connectivity index (χ4n) is 2.79. The number of hydrogen-bond acceptors (Lipinski definition) is 7. The van der Waals surface area contributed by atoms with E-state index in [0.717, 1.165) is 17.4 Å². The van der Waals surface area contributed by atoms with Crippen molar-refractivity contribution in [2.75, 3.05) is 18.4 Å². The lowest BCUT2D eigenvalue weighted by molar-refractivity contribution is -0.384. The number of nitrogens with one attached hydrogen (secondary N) is 1. The van der Waals surface area contributed by atoms with Crippen molar-refractivity contribution in [2.45, 2.75) is 4.90 Å². The van der Waals surface area contributed by atoms with Gasteiger partial charge in [-0.25, -0.2) is 13.4 Å². The van der Waals surface area contributed by atoms with Crippen molar-refractivity contribution in [3.8, 4) is 0 Å². The average molecular weight is 493 g/mol. The standard InChI is InChI=1S/C20H17ClN4O5S2/c1-3-9-24(10-4-2)32(29,30)14-6-8-16-18(12-14)31-20(22-16)23-19(26)13-5-7-15(21)17(11-13)25(27)28/h3-8,11-12H,1-2,9-10H2,(H,22,23,26). The largest absolute Gasteiger partial charge is 0.298 e. The highest BCUT2D eigenvalue weighted by molar-refractivity contribution is 7.89.